The summed E-state index contributed by atoms with van der Waals surface area (Å²) in [5.74, 6) is 3.28. The Morgan fingerprint density at radius 1 is 1.45 bits per heavy atom. The largest absolute Gasteiger partial charge is 0.370 e. The van der Waals surface area contributed by atoms with E-state index in [9.17, 15) is 0 Å². The summed E-state index contributed by atoms with van der Waals surface area (Å²) >= 11 is 0. The lowest BCUT2D eigenvalue weighted by atomic mass is 10.0. The Labute approximate surface area is 131 Å². The molecule has 0 amide bonds. The molecule has 2 atom stereocenters. The highest BCUT2D eigenvalue weighted by Gasteiger charge is 2.23. The molecule has 2 unspecified atom stereocenters. The zero-order valence-corrected chi connectivity index (χ0v) is 13.9. The topological polar surface area (TPSA) is 59.7 Å². The summed E-state index contributed by atoms with van der Waals surface area (Å²) < 4.78 is 4.18. The second-order valence-electron chi connectivity index (χ2n) is 6.63. The molecule has 6 nitrogen and oxygen atoms in total. The van der Waals surface area contributed by atoms with Crippen molar-refractivity contribution in [1.29, 1.82) is 0 Å². The van der Waals surface area contributed by atoms with Crippen molar-refractivity contribution in [3.8, 4) is 0 Å². The highest BCUT2D eigenvalue weighted by molar-refractivity contribution is 5.38. The Bertz CT molecular complexity index is 626. The molecule has 1 aliphatic heterocycles. The molecule has 22 heavy (non-hydrogen) atoms. The molecular formula is C16H26N6. The Balaban J connectivity index is 1.63. The molecule has 120 valence electrons. The van der Waals surface area contributed by atoms with Crippen LogP contribution in [0.4, 0.5) is 5.82 Å². The van der Waals surface area contributed by atoms with E-state index < -0.39 is 0 Å². The fourth-order valence-electron chi connectivity index (χ4n) is 3.12. The molecule has 0 saturated carbocycles. The maximum absolute atomic E-state index is 4.54. The first-order chi connectivity index (χ1) is 10.5. The molecule has 1 aliphatic rings. The van der Waals surface area contributed by atoms with Gasteiger partial charge >= 0.3 is 0 Å². The van der Waals surface area contributed by atoms with Gasteiger partial charge in [0, 0.05) is 51.1 Å². The fraction of sp³-hybridized carbons (Fsp3) is 0.625. The first kappa shape index (κ1) is 15.1. The van der Waals surface area contributed by atoms with Crippen molar-refractivity contribution in [3.05, 3.63) is 30.0 Å². The van der Waals surface area contributed by atoms with Crippen molar-refractivity contribution < 1.29 is 0 Å². The zero-order chi connectivity index (χ0) is 15.7. The van der Waals surface area contributed by atoms with Crippen LogP contribution in [0.2, 0.25) is 0 Å². The number of imidazole rings is 1. The van der Waals surface area contributed by atoms with Crippen LogP contribution in [0.25, 0.3) is 0 Å². The summed E-state index contributed by atoms with van der Waals surface area (Å²) in [6.45, 7) is 9.43. The fourth-order valence-corrected chi connectivity index (χ4v) is 3.12. The second-order valence-corrected chi connectivity index (χ2v) is 6.63. The number of anilines is 1. The zero-order valence-electron chi connectivity index (χ0n) is 13.9. The van der Waals surface area contributed by atoms with E-state index in [1.54, 1.807) is 0 Å². The number of rotatable bonds is 5. The molecule has 0 bridgehead atoms. The van der Waals surface area contributed by atoms with E-state index >= 15 is 0 Å². The Hall–Kier alpha value is -1.82. The Morgan fingerprint density at radius 2 is 2.27 bits per heavy atom. The van der Waals surface area contributed by atoms with Crippen LogP contribution in [0.15, 0.2) is 18.5 Å². The van der Waals surface area contributed by atoms with Gasteiger partial charge in [-0.2, -0.15) is 5.10 Å². The predicted molar refractivity (Wildman–Crippen MR) is 87.7 cm³/mol. The van der Waals surface area contributed by atoms with Gasteiger partial charge in [0.15, 0.2) is 0 Å². The number of nitrogens with one attached hydrogen (secondary N) is 2. The van der Waals surface area contributed by atoms with Crippen molar-refractivity contribution in [2.45, 2.75) is 33.4 Å². The first-order valence-electron chi connectivity index (χ1n) is 8.03. The molecule has 0 aromatic carbocycles. The lowest BCUT2D eigenvalue weighted by Crippen LogP contribution is -2.38. The third-order valence-electron chi connectivity index (χ3n) is 4.33. The monoisotopic (exact) mass is 302 g/mol. The van der Waals surface area contributed by atoms with Gasteiger partial charge in [0.25, 0.3) is 0 Å². The maximum atomic E-state index is 4.54. The highest BCUT2D eigenvalue weighted by atomic mass is 15.3. The minimum atomic E-state index is 0.278. The van der Waals surface area contributed by atoms with Gasteiger partial charge in [0.2, 0.25) is 0 Å². The molecule has 2 N–H and O–H groups in total. The smallest absolute Gasteiger partial charge is 0.125 e. The van der Waals surface area contributed by atoms with Gasteiger partial charge in [0.05, 0.1) is 11.7 Å². The summed E-state index contributed by atoms with van der Waals surface area (Å²) in [5.41, 5.74) is 1.07. The summed E-state index contributed by atoms with van der Waals surface area (Å²) in [7, 11) is 2.06. The van der Waals surface area contributed by atoms with Crippen LogP contribution in [0.5, 0.6) is 0 Å². The molecule has 2 aromatic rings. The maximum Gasteiger partial charge on any atom is 0.125 e. The normalized spacial score (nSPS) is 19.0. The van der Waals surface area contributed by atoms with Crippen LogP contribution < -0.4 is 10.6 Å². The van der Waals surface area contributed by atoms with Gasteiger partial charge in [-0.05, 0) is 12.8 Å². The number of fused-ring (bicyclic) bond motifs is 1. The van der Waals surface area contributed by atoms with Crippen molar-refractivity contribution in [3.63, 3.8) is 0 Å². The van der Waals surface area contributed by atoms with E-state index in [2.05, 4.69) is 56.9 Å². The number of hydrogen-bond donors (Lipinski definition) is 2. The van der Waals surface area contributed by atoms with Crippen molar-refractivity contribution in [2.75, 3.05) is 18.4 Å². The van der Waals surface area contributed by atoms with Crippen LogP contribution in [0.3, 0.4) is 0 Å². The molecule has 0 saturated heterocycles. The van der Waals surface area contributed by atoms with E-state index in [1.807, 2.05) is 19.3 Å². The predicted octanol–water partition coefficient (Wildman–Crippen LogP) is 1.95. The molecule has 6 heteroatoms. The van der Waals surface area contributed by atoms with Gasteiger partial charge < -0.3 is 15.2 Å². The average Bonchev–Trinajstić information content (AvgIpc) is 3.03. The number of aryl methyl sites for hydroxylation is 2. The van der Waals surface area contributed by atoms with Gasteiger partial charge in [-0.1, -0.05) is 13.8 Å². The van der Waals surface area contributed by atoms with Crippen LogP contribution in [0, 0.1) is 18.8 Å². The summed E-state index contributed by atoms with van der Waals surface area (Å²) in [4.78, 5) is 4.51. The summed E-state index contributed by atoms with van der Waals surface area (Å²) in [6.07, 6.45) is 3.88. The number of aromatic nitrogens is 4. The minimum Gasteiger partial charge on any atom is -0.370 e. The van der Waals surface area contributed by atoms with E-state index in [0.717, 1.165) is 37.0 Å². The van der Waals surface area contributed by atoms with Gasteiger partial charge in [-0.25, -0.2) is 9.67 Å². The number of hydrogen-bond acceptors (Lipinski definition) is 4. The van der Waals surface area contributed by atoms with Crippen LogP contribution >= 0.6 is 0 Å². The molecule has 3 heterocycles. The second kappa shape index (κ2) is 6.12. The third-order valence-corrected chi connectivity index (χ3v) is 4.33. The van der Waals surface area contributed by atoms with E-state index in [-0.39, 0.29) is 6.04 Å². The van der Waals surface area contributed by atoms with Crippen molar-refractivity contribution in [1.82, 2.24) is 24.6 Å². The molecule has 2 aromatic heterocycles. The molecular weight excluding hydrogens is 276 g/mol. The average molecular weight is 302 g/mol. The lowest BCUT2D eigenvalue weighted by molar-refractivity contribution is 0.326. The Morgan fingerprint density at radius 3 is 2.95 bits per heavy atom. The molecule has 0 spiro atoms. The summed E-state index contributed by atoms with van der Waals surface area (Å²) in [5, 5.41) is 11.7. The highest BCUT2D eigenvalue weighted by Crippen LogP contribution is 2.22. The Kier molecular flexibility index (Phi) is 4.20. The summed E-state index contributed by atoms with van der Waals surface area (Å²) in [6, 6.07) is 2.38. The minimum absolute atomic E-state index is 0.278. The quantitative estimate of drug-likeness (QED) is 0.886. The van der Waals surface area contributed by atoms with Gasteiger partial charge in [-0.15, -0.1) is 0 Å². The SMILES string of the molecule is Cc1cc2n(n1)CC(CNC(c1nccn1C)C(C)C)CN2. The third kappa shape index (κ3) is 3.02. The van der Waals surface area contributed by atoms with Gasteiger partial charge in [-0.3, -0.25) is 0 Å². The van der Waals surface area contributed by atoms with E-state index in [0.29, 0.717) is 11.8 Å². The molecule has 0 fully saturated rings. The standard InChI is InChI=1S/C16H26N6/c1-11(2)15(16-17-5-6-21(16)4)19-9-13-8-18-14-7-12(3)20-22(14)10-13/h5-7,11,13,15,18-19H,8-10H2,1-4H3. The van der Waals surface area contributed by atoms with Crippen LogP contribution in [-0.2, 0) is 13.6 Å². The lowest BCUT2D eigenvalue weighted by Gasteiger charge is -2.28. The van der Waals surface area contributed by atoms with Crippen LogP contribution in [0.1, 0.15) is 31.4 Å². The molecule has 3 rings (SSSR count). The molecule has 0 radical (unpaired) electrons. The molecule has 0 aliphatic carbocycles. The van der Waals surface area contributed by atoms with Crippen LogP contribution in [-0.4, -0.2) is 32.4 Å². The van der Waals surface area contributed by atoms with Gasteiger partial charge in [0.1, 0.15) is 11.6 Å². The van der Waals surface area contributed by atoms with Crippen molar-refractivity contribution in [2.24, 2.45) is 18.9 Å². The first-order valence-corrected chi connectivity index (χ1v) is 8.03. The number of nitrogens with zero attached hydrogens (tertiary/aromatic N) is 4. The van der Waals surface area contributed by atoms with E-state index in [4.69, 9.17) is 0 Å². The van der Waals surface area contributed by atoms with E-state index in [1.165, 1.54) is 0 Å². The van der Waals surface area contributed by atoms with Crippen molar-refractivity contribution >= 4 is 5.82 Å².